The predicted molar refractivity (Wildman–Crippen MR) is 242 cm³/mol. The molecule has 0 bridgehead atoms. The molecule has 4 aliphatic rings. The Kier molecular flexibility index (Phi) is 9.97. The minimum atomic E-state index is -5.08. The quantitative estimate of drug-likeness (QED) is 0.125. The highest BCUT2D eigenvalue weighted by Crippen LogP contribution is 2.39. The number of halogens is 1. The molecule has 4 aliphatic heterocycles. The molecule has 1 unspecified atom stereocenters. The molecular weight excluding hydrogens is 848 g/mol. The lowest BCUT2D eigenvalue weighted by atomic mass is 10.00. The molecule has 1 atom stereocenters. The van der Waals surface area contributed by atoms with Crippen molar-refractivity contribution in [1.82, 2.24) is 30.0 Å². The molecule has 1 aromatic heterocycles. The van der Waals surface area contributed by atoms with Crippen molar-refractivity contribution >= 4 is 73.9 Å². The number of piperidine rings is 2. The summed E-state index contributed by atoms with van der Waals surface area (Å²) in [7, 11) is -11.0. The number of imide groups is 1. The lowest BCUT2D eigenvalue weighted by Crippen LogP contribution is -2.53. The molecular formula is C44H53ClN10O7S. The molecule has 0 saturated carbocycles. The van der Waals surface area contributed by atoms with Crippen LogP contribution in [0.5, 0.6) is 11.5 Å². The van der Waals surface area contributed by atoms with Crippen molar-refractivity contribution in [2.75, 3.05) is 86.3 Å². The van der Waals surface area contributed by atoms with Gasteiger partial charge in [0, 0.05) is 86.3 Å². The summed E-state index contributed by atoms with van der Waals surface area (Å²) >= 11 is 6.45. The Balaban J connectivity index is 0.886. The molecule has 17 nitrogen and oxygen atoms in total. The number of carbonyl (C=O) groups excluding carboxylic acids is 3. The van der Waals surface area contributed by atoms with Gasteiger partial charge in [0.1, 0.15) is 28.3 Å². The smallest absolute Gasteiger partial charge is 0.255 e. The molecule has 334 valence electrons. The monoisotopic (exact) mass is 909 g/mol. The van der Waals surface area contributed by atoms with E-state index in [2.05, 4.69) is 46.7 Å². The summed E-state index contributed by atoms with van der Waals surface area (Å²) in [5.74, 6) is -1.69. The number of piperazine rings is 1. The van der Waals surface area contributed by atoms with Crippen molar-refractivity contribution in [3.05, 3.63) is 82.0 Å². The maximum atomic E-state index is 13.1. The van der Waals surface area contributed by atoms with Crippen molar-refractivity contribution in [3.63, 3.8) is 0 Å². The molecule has 8 rings (SSSR count). The molecule has 4 N–H and O–H groups in total. The van der Waals surface area contributed by atoms with Crippen LogP contribution in [0.25, 0.3) is 0 Å². The fourth-order valence-corrected chi connectivity index (χ4v) is 9.44. The van der Waals surface area contributed by atoms with Gasteiger partial charge < -0.3 is 34.8 Å². The Bertz CT molecular complexity index is 2840. The number of rotatable bonds is 14. The molecule has 19 heteroatoms. The van der Waals surface area contributed by atoms with E-state index in [0.29, 0.717) is 37.7 Å². The molecule has 0 spiro atoms. The average molecular weight is 911 g/mol. The number of nitrogens with one attached hydrogen (secondary N) is 4. The van der Waals surface area contributed by atoms with Crippen LogP contribution in [0.3, 0.4) is 0 Å². The molecule has 3 fully saturated rings. The highest BCUT2D eigenvalue weighted by atomic mass is 35.5. The van der Waals surface area contributed by atoms with Gasteiger partial charge in [-0.2, -0.15) is 4.98 Å². The standard InChI is InChI=1S/C44H53ClN10O7S/c1-27-22-34(48-44-46-25-32(45)41(50-44)47-33-6-5-7-37(61-2)40(33)51-63(4,59)60)38(62-3)24-36(27)54-16-13-30(14-17-54)53-20-18-52(19-21-53)15-12-28-8-9-31-29(23-28)26-55(43(31)58)35-10-11-39(56)49-42(35)57/h5-9,22-25,30,35,51H,10-21,26H2,1-4H3,(H,49,56,57)(H2,46,47,48,50)/i2D3,3D3,4D3. The highest BCUT2D eigenvalue weighted by molar-refractivity contribution is 7.92. The van der Waals surface area contributed by atoms with Crippen LogP contribution in [-0.4, -0.2) is 129 Å². The Labute approximate surface area is 385 Å². The lowest BCUT2D eigenvalue weighted by molar-refractivity contribution is -0.136. The Hall–Kier alpha value is -5.69. The van der Waals surface area contributed by atoms with Gasteiger partial charge in [-0.3, -0.25) is 29.3 Å². The number of ether oxygens (including phenoxy) is 2. The van der Waals surface area contributed by atoms with Crippen LogP contribution in [0.2, 0.25) is 5.02 Å². The van der Waals surface area contributed by atoms with Gasteiger partial charge in [-0.1, -0.05) is 29.8 Å². The van der Waals surface area contributed by atoms with Crippen LogP contribution in [0.15, 0.2) is 54.7 Å². The molecule has 3 aromatic carbocycles. The van der Waals surface area contributed by atoms with Crippen LogP contribution in [-0.2, 0) is 32.6 Å². The summed E-state index contributed by atoms with van der Waals surface area (Å²) < 4.78 is 107. The van der Waals surface area contributed by atoms with Crippen molar-refractivity contribution in [3.8, 4) is 11.5 Å². The van der Waals surface area contributed by atoms with Gasteiger partial charge >= 0.3 is 0 Å². The van der Waals surface area contributed by atoms with E-state index >= 15 is 0 Å². The van der Waals surface area contributed by atoms with Gasteiger partial charge in [-0.05, 0) is 73.6 Å². The van der Waals surface area contributed by atoms with Crippen LogP contribution < -0.4 is 35.0 Å². The maximum Gasteiger partial charge on any atom is 0.255 e. The third-order valence-corrected chi connectivity index (χ3v) is 12.8. The van der Waals surface area contributed by atoms with E-state index in [1.807, 2.05) is 23.8 Å². The largest absolute Gasteiger partial charge is 0.494 e. The van der Waals surface area contributed by atoms with Gasteiger partial charge in [0.25, 0.3) is 5.91 Å². The second-order valence-electron chi connectivity index (χ2n) is 16.0. The SMILES string of the molecule is [2H]C([2H])([2H])Oc1cc(N2CCC(N3CCN(CCc4ccc5c(c4)CN(C4CCC(=O)NC4=O)C5=O)CC3)CC2)c(C)cc1Nc1ncc(Cl)c(Nc2cccc(OC([2H])([2H])[2H])c2NS(=O)(=O)C([2H])([2H])[2H])n1. The van der Waals surface area contributed by atoms with E-state index in [9.17, 15) is 22.8 Å². The fourth-order valence-electron chi connectivity index (χ4n) is 8.82. The van der Waals surface area contributed by atoms with Gasteiger partial charge in [0.15, 0.2) is 5.82 Å². The number of hydrogen-bond acceptors (Lipinski definition) is 14. The van der Waals surface area contributed by atoms with Crippen LogP contribution in [0, 0.1) is 6.92 Å². The topological polar surface area (TPSA) is 191 Å². The van der Waals surface area contributed by atoms with Crippen molar-refractivity contribution in [2.45, 2.75) is 57.7 Å². The van der Waals surface area contributed by atoms with E-state index < -0.39 is 53.7 Å². The average Bonchev–Trinajstić information content (AvgIpc) is 3.62. The van der Waals surface area contributed by atoms with Crippen molar-refractivity contribution in [2.24, 2.45) is 0 Å². The number of para-hydroxylation sites is 1. The lowest BCUT2D eigenvalue weighted by Gasteiger charge is -2.43. The Morgan fingerprint density at radius 1 is 0.937 bits per heavy atom. The number of anilines is 6. The summed E-state index contributed by atoms with van der Waals surface area (Å²) in [5.41, 5.74) is 3.69. The van der Waals surface area contributed by atoms with Crippen LogP contribution in [0.1, 0.15) is 65.1 Å². The van der Waals surface area contributed by atoms with E-state index in [-0.39, 0.29) is 52.1 Å². The summed E-state index contributed by atoms with van der Waals surface area (Å²) in [4.78, 5) is 54.6. The number of methoxy groups -OCH3 is 2. The minimum absolute atomic E-state index is 0.0136. The van der Waals surface area contributed by atoms with E-state index in [0.717, 1.165) is 80.4 Å². The number of aromatic nitrogens is 2. The normalized spacial score (nSPS) is 21.6. The van der Waals surface area contributed by atoms with Crippen LogP contribution in [0.4, 0.5) is 34.5 Å². The van der Waals surface area contributed by atoms with E-state index in [4.69, 9.17) is 33.4 Å². The molecule has 63 heavy (non-hydrogen) atoms. The zero-order valence-electron chi connectivity index (χ0n) is 43.4. The number of benzene rings is 3. The number of carbonyl (C=O) groups is 3. The Morgan fingerprint density at radius 2 is 1.73 bits per heavy atom. The third kappa shape index (κ3) is 9.93. The summed E-state index contributed by atoms with van der Waals surface area (Å²) in [6.45, 7) is 8.19. The molecule has 3 saturated heterocycles. The zero-order chi connectivity index (χ0) is 51.9. The summed E-state index contributed by atoms with van der Waals surface area (Å²) in [6.07, 6.45) is 0.793. The first-order valence-corrected chi connectivity index (χ1v) is 22.4. The fraction of sp³-hybridized carbons (Fsp3) is 0.432. The first kappa shape index (κ1) is 33.8. The second-order valence-corrected chi connectivity index (χ2v) is 17.6. The number of sulfonamides is 1. The van der Waals surface area contributed by atoms with Crippen molar-refractivity contribution in [1.29, 1.82) is 0 Å². The first-order valence-electron chi connectivity index (χ1n) is 25.0. The molecule has 5 heterocycles. The molecule has 0 aliphatic carbocycles. The number of nitrogens with zero attached hydrogens (tertiary/aromatic N) is 6. The number of fused-ring (bicyclic) bond motifs is 1. The minimum Gasteiger partial charge on any atom is -0.494 e. The summed E-state index contributed by atoms with van der Waals surface area (Å²) in [5, 5.41) is 8.04. The molecule has 4 aromatic rings. The zero-order valence-corrected chi connectivity index (χ0v) is 35.9. The van der Waals surface area contributed by atoms with Gasteiger partial charge in [0.05, 0.1) is 46.1 Å². The molecule has 3 amide bonds. The molecule has 0 radical (unpaired) electrons. The van der Waals surface area contributed by atoms with Gasteiger partial charge in [0.2, 0.25) is 27.8 Å². The van der Waals surface area contributed by atoms with E-state index in [1.165, 1.54) is 18.3 Å². The predicted octanol–water partition coefficient (Wildman–Crippen LogP) is 4.90. The first-order chi connectivity index (χ1) is 33.8. The second kappa shape index (κ2) is 18.6. The van der Waals surface area contributed by atoms with Crippen molar-refractivity contribution < 1.29 is 44.6 Å². The Morgan fingerprint density at radius 3 is 2.49 bits per heavy atom. The van der Waals surface area contributed by atoms with E-state index in [1.54, 1.807) is 17.0 Å². The maximum absolute atomic E-state index is 13.1. The summed E-state index contributed by atoms with van der Waals surface area (Å²) in [6, 6.07) is 12.7. The van der Waals surface area contributed by atoms with Gasteiger partial charge in [-0.25, -0.2) is 13.4 Å². The van der Waals surface area contributed by atoms with Gasteiger partial charge in [-0.15, -0.1) is 0 Å². The number of aryl methyl sites for hydroxylation is 1. The number of hydrogen-bond donors (Lipinski definition) is 4. The highest BCUT2D eigenvalue weighted by Gasteiger charge is 2.39. The van der Waals surface area contributed by atoms with Crippen LogP contribution >= 0.6 is 11.6 Å². The number of amides is 3. The third-order valence-electron chi connectivity index (χ3n) is 12.1.